The van der Waals surface area contributed by atoms with Crippen LogP contribution in [-0.4, -0.2) is 26.4 Å². The van der Waals surface area contributed by atoms with E-state index in [2.05, 4.69) is 15.1 Å². The van der Waals surface area contributed by atoms with E-state index < -0.39 is 0 Å². The number of hydrogen-bond acceptors (Lipinski definition) is 4. The van der Waals surface area contributed by atoms with Crippen molar-refractivity contribution in [2.45, 2.75) is 20.4 Å². The van der Waals surface area contributed by atoms with Crippen LogP contribution < -0.4 is 4.74 Å². The molecular formula is C9H12N4O. The monoisotopic (exact) mass is 192 g/mol. The summed E-state index contributed by atoms with van der Waals surface area (Å²) in [6.45, 7) is 5.35. The van der Waals surface area contributed by atoms with Crippen LogP contribution in [0.25, 0.3) is 11.0 Å². The molecule has 0 aliphatic rings. The Labute approximate surface area is 81.7 Å². The van der Waals surface area contributed by atoms with Gasteiger partial charge in [-0.15, -0.1) is 0 Å². The van der Waals surface area contributed by atoms with Gasteiger partial charge in [0.2, 0.25) is 5.88 Å². The van der Waals surface area contributed by atoms with Crippen molar-refractivity contribution in [3.05, 3.63) is 12.5 Å². The molecule has 5 nitrogen and oxygen atoms in total. The lowest BCUT2D eigenvalue weighted by atomic mass is 10.4. The quantitative estimate of drug-likeness (QED) is 0.734. The van der Waals surface area contributed by atoms with Crippen molar-refractivity contribution in [2.75, 3.05) is 6.61 Å². The molecule has 0 aliphatic heterocycles. The molecule has 0 bridgehead atoms. The van der Waals surface area contributed by atoms with E-state index in [4.69, 9.17) is 4.74 Å². The smallest absolute Gasteiger partial charge is 0.227 e. The van der Waals surface area contributed by atoms with Crippen LogP contribution in [0.3, 0.4) is 0 Å². The zero-order chi connectivity index (χ0) is 9.97. The number of nitrogens with zero attached hydrogens (tertiary/aromatic N) is 4. The number of ether oxygens (including phenoxy) is 1. The fraction of sp³-hybridized carbons (Fsp3) is 0.444. The van der Waals surface area contributed by atoms with Gasteiger partial charge in [-0.05, 0) is 13.8 Å². The van der Waals surface area contributed by atoms with Crippen molar-refractivity contribution in [2.24, 2.45) is 0 Å². The second-order valence-corrected chi connectivity index (χ2v) is 2.81. The predicted octanol–water partition coefficient (Wildman–Crippen LogP) is 1.24. The average Bonchev–Trinajstić information content (AvgIpc) is 2.62. The van der Waals surface area contributed by atoms with E-state index >= 15 is 0 Å². The maximum Gasteiger partial charge on any atom is 0.227 e. The lowest BCUT2D eigenvalue weighted by Crippen LogP contribution is -1.99. The highest BCUT2D eigenvalue weighted by atomic mass is 16.5. The maximum atomic E-state index is 5.37. The minimum absolute atomic E-state index is 0.601. The molecule has 0 fully saturated rings. The number of hydrogen-bond donors (Lipinski definition) is 0. The number of fused-ring (bicyclic) bond motifs is 1. The predicted molar refractivity (Wildman–Crippen MR) is 52.2 cm³/mol. The molecule has 0 N–H and O–H groups in total. The molecule has 0 saturated heterocycles. The van der Waals surface area contributed by atoms with E-state index in [1.807, 2.05) is 18.5 Å². The second-order valence-electron chi connectivity index (χ2n) is 2.81. The van der Waals surface area contributed by atoms with E-state index in [0.29, 0.717) is 12.5 Å². The SMILES string of the molecule is CCOc1ncnc2c1cnn2CC. The third-order valence-corrected chi connectivity index (χ3v) is 1.98. The lowest BCUT2D eigenvalue weighted by molar-refractivity contribution is 0.331. The molecule has 0 amide bonds. The molecule has 74 valence electrons. The van der Waals surface area contributed by atoms with Crippen molar-refractivity contribution in [3.63, 3.8) is 0 Å². The summed E-state index contributed by atoms with van der Waals surface area (Å²) >= 11 is 0. The molecule has 0 spiro atoms. The Balaban J connectivity index is 2.58. The average molecular weight is 192 g/mol. The molecule has 2 heterocycles. The summed E-state index contributed by atoms with van der Waals surface area (Å²) < 4.78 is 7.19. The summed E-state index contributed by atoms with van der Waals surface area (Å²) in [5.41, 5.74) is 0.825. The highest BCUT2D eigenvalue weighted by molar-refractivity contribution is 5.79. The van der Waals surface area contributed by atoms with Crippen LogP contribution in [0.1, 0.15) is 13.8 Å². The normalized spacial score (nSPS) is 10.7. The van der Waals surface area contributed by atoms with Crippen LogP contribution in [-0.2, 0) is 6.54 Å². The first-order valence-electron chi connectivity index (χ1n) is 4.66. The fourth-order valence-electron chi connectivity index (χ4n) is 1.35. The summed E-state index contributed by atoms with van der Waals surface area (Å²) in [5, 5.41) is 5.06. The van der Waals surface area contributed by atoms with E-state index in [9.17, 15) is 0 Å². The van der Waals surface area contributed by atoms with Gasteiger partial charge in [-0.25, -0.2) is 14.6 Å². The van der Waals surface area contributed by atoms with Crippen molar-refractivity contribution >= 4 is 11.0 Å². The Bertz CT molecular complexity index is 437. The summed E-state index contributed by atoms with van der Waals surface area (Å²) in [5.74, 6) is 0.609. The third-order valence-electron chi connectivity index (χ3n) is 1.98. The van der Waals surface area contributed by atoms with Crippen molar-refractivity contribution in [1.82, 2.24) is 19.7 Å². The van der Waals surface area contributed by atoms with Crippen LogP contribution in [0.4, 0.5) is 0 Å². The van der Waals surface area contributed by atoms with Crippen molar-refractivity contribution in [1.29, 1.82) is 0 Å². The van der Waals surface area contributed by atoms with E-state index in [1.54, 1.807) is 6.20 Å². The number of aromatic nitrogens is 4. The molecule has 0 aromatic carbocycles. The molecule has 0 saturated carbocycles. The molecule has 2 aromatic heterocycles. The van der Waals surface area contributed by atoms with Gasteiger partial charge in [-0.3, -0.25) is 0 Å². The Morgan fingerprint density at radius 1 is 1.36 bits per heavy atom. The van der Waals surface area contributed by atoms with Crippen LogP contribution in [0, 0.1) is 0 Å². The Morgan fingerprint density at radius 2 is 2.21 bits per heavy atom. The summed E-state index contributed by atoms with van der Waals surface area (Å²) in [6, 6.07) is 0. The van der Waals surface area contributed by atoms with Crippen LogP contribution in [0.2, 0.25) is 0 Å². The zero-order valence-electron chi connectivity index (χ0n) is 8.27. The van der Waals surface area contributed by atoms with E-state index in [1.165, 1.54) is 6.33 Å². The van der Waals surface area contributed by atoms with Gasteiger partial charge in [0.25, 0.3) is 0 Å². The Kier molecular flexibility index (Phi) is 2.30. The first kappa shape index (κ1) is 8.93. The highest BCUT2D eigenvalue weighted by Crippen LogP contribution is 2.20. The standard InChI is InChI=1S/C9H12N4O/c1-3-13-8-7(5-12-13)9(14-4-2)11-6-10-8/h5-6H,3-4H2,1-2H3. The molecule has 2 aromatic rings. The van der Waals surface area contributed by atoms with Gasteiger partial charge < -0.3 is 4.74 Å². The Morgan fingerprint density at radius 3 is 2.93 bits per heavy atom. The van der Waals surface area contributed by atoms with Crippen LogP contribution in [0.15, 0.2) is 12.5 Å². The molecule has 14 heavy (non-hydrogen) atoms. The number of aryl methyl sites for hydroxylation is 1. The van der Waals surface area contributed by atoms with Gasteiger partial charge in [0, 0.05) is 6.54 Å². The minimum Gasteiger partial charge on any atom is -0.477 e. The maximum absolute atomic E-state index is 5.37. The summed E-state index contributed by atoms with van der Waals surface area (Å²) in [4.78, 5) is 8.22. The van der Waals surface area contributed by atoms with Gasteiger partial charge in [-0.1, -0.05) is 0 Å². The minimum atomic E-state index is 0.601. The first-order valence-corrected chi connectivity index (χ1v) is 4.66. The van der Waals surface area contributed by atoms with Gasteiger partial charge >= 0.3 is 0 Å². The van der Waals surface area contributed by atoms with E-state index in [-0.39, 0.29) is 0 Å². The van der Waals surface area contributed by atoms with Gasteiger partial charge in [-0.2, -0.15) is 5.10 Å². The summed E-state index contributed by atoms with van der Waals surface area (Å²) in [7, 11) is 0. The third kappa shape index (κ3) is 1.30. The topological polar surface area (TPSA) is 52.8 Å². The highest BCUT2D eigenvalue weighted by Gasteiger charge is 2.08. The fourth-order valence-corrected chi connectivity index (χ4v) is 1.35. The molecule has 0 atom stereocenters. The second kappa shape index (κ2) is 3.61. The van der Waals surface area contributed by atoms with Crippen LogP contribution in [0.5, 0.6) is 5.88 Å². The first-order chi connectivity index (χ1) is 6.86. The lowest BCUT2D eigenvalue weighted by Gasteiger charge is -2.02. The Hall–Kier alpha value is -1.65. The van der Waals surface area contributed by atoms with Crippen molar-refractivity contribution in [3.8, 4) is 5.88 Å². The zero-order valence-corrected chi connectivity index (χ0v) is 8.27. The molecular weight excluding hydrogens is 180 g/mol. The molecule has 0 aliphatic carbocycles. The van der Waals surface area contributed by atoms with E-state index in [0.717, 1.165) is 17.6 Å². The largest absolute Gasteiger partial charge is 0.477 e. The molecule has 2 rings (SSSR count). The molecule has 5 heteroatoms. The summed E-state index contributed by atoms with van der Waals surface area (Å²) in [6.07, 6.45) is 3.24. The van der Waals surface area contributed by atoms with Gasteiger partial charge in [0.15, 0.2) is 5.65 Å². The number of rotatable bonds is 3. The van der Waals surface area contributed by atoms with Crippen LogP contribution >= 0.6 is 0 Å². The van der Waals surface area contributed by atoms with Gasteiger partial charge in [0.05, 0.1) is 12.8 Å². The molecule has 0 unspecified atom stereocenters. The molecule has 0 radical (unpaired) electrons. The van der Waals surface area contributed by atoms with Gasteiger partial charge in [0.1, 0.15) is 11.7 Å². The van der Waals surface area contributed by atoms with Crippen molar-refractivity contribution < 1.29 is 4.74 Å².